The van der Waals surface area contributed by atoms with E-state index in [1.54, 1.807) is 35.2 Å². The van der Waals surface area contributed by atoms with Crippen LogP contribution in [0.3, 0.4) is 0 Å². The molecule has 4 saturated heterocycles. The highest BCUT2D eigenvalue weighted by molar-refractivity contribution is 6.06. The first-order valence-electron chi connectivity index (χ1n) is 20.9. The van der Waals surface area contributed by atoms with Gasteiger partial charge in [-0.25, -0.2) is 13.6 Å². The molecule has 3 aromatic carbocycles. The lowest BCUT2D eigenvalue weighted by molar-refractivity contribution is -0.120. The fourth-order valence-electron chi connectivity index (χ4n) is 9.55. The minimum atomic E-state index is -1.39. The number of likely N-dealkylation sites (tertiary alicyclic amines) is 2. The zero-order valence-corrected chi connectivity index (χ0v) is 33.4. The number of phenols is 1. The van der Waals surface area contributed by atoms with Crippen LogP contribution in [0, 0.1) is 5.82 Å². The summed E-state index contributed by atoms with van der Waals surface area (Å²) in [6, 6.07) is 21.4. The largest absolute Gasteiger partial charge is 0.507 e. The molecule has 4 aliphatic heterocycles. The molecule has 0 unspecified atom stereocenters. The number of aromatic hydroxyl groups is 1. The Morgan fingerprint density at radius 3 is 2.42 bits per heavy atom. The molecular weight excluding hydrogens is 769 g/mol. The second kappa shape index (κ2) is 16.2. The van der Waals surface area contributed by atoms with Crippen LogP contribution >= 0.6 is 0 Å². The van der Waals surface area contributed by atoms with Crippen molar-refractivity contribution in [1.29, 1.82) is 0 Å². The number of nitrogens with one attached hydrogen (secondary N) is 1. The highest BCUT2D eigenvalue weighted by Crippen LogP contribution is 2.37. The standard InChI is InChI=1S/C45H49F2N9O4/c46-41-34-15-22-55(36(34)11-12-37(41)56-23-16-40(58)49-44(56)60)32-13-20-52(21-14-32)28-45(47)17-24-53(25-18-45)43(59)30-9-7-29(8-10-30)31-4-3-19-54(27-31)38-26-35(50-51-42(38)48)33-5-1-2-6-39(33)57/h1-2,5-12,15,22,26,31-32,57H,3-4,13-14,16-21,23-25,27-28H2,(H2,48,51)(H,49,58,60)/t31-/m0/s1. The molecule has 60 heavy (non-hydrogen) atoms. The molecule has 0 radical (unpaired) electrons. The molecule has 4 aliphatic rings. The van der Waals surface area contributed by atoms with Crippen molar-refractivity contribution in [1.82, 2.24) is 29.9 Å². The zero-order chi connectivity index (χ0) is 41.5. The molecule has 5 aromatic rings. The Kier molecular flexibility index (Phi) is 10.6. The number of fused-ring (bicyclic) bond motifs is 1. The number of halogens is 2. The van der Waals surface area contributed by atoms with Crippen molar-refractivity contribution in [3.8, 4) is 17.0 Å². The van der Waals surface area contributed by atoms with Crippen molar-refractivity contribution in [3.63, 3.8) is 0 Å². The van der Waals surface area contributed by atoms with Crippen LogP contribution in [0.15, 0.2) is 79.0 Å². The molecule has 1 atom stereocenters. The second-order valence-electron chi connectivity index (χ2n) is 16.7. The van der Waals surface area contributed by atoms with E-state index in [2.05, 4.69) is 29.9 Å². The van der Waals surface area contributed by atoms with E-state index in [4.69, 9.17) is 5.73 Å². The number of aromatic nitrogens is 3. The Hall–Kier alpha value is -6.09. The number of imide groups is 1. The third-order valence-electron chi connectivity index (χ3n) is 12.9. The number of nitrogens with two attached hydrogens (primary N) is 1. The molecule has 6 heterocycles. The lowest BCUT2D eigenvalue weighted by Gasteiger charge is -2.41. The summed E-state index contributed by atoms with van der Waals surface area (Å²) in [5.74, 6) is -0.256. The third kappa shape index (κ3) is 7.73. The number of benzene rings is 3. The van der Waals surface area contributed by atoms with Gasteiger partial charge in [-0.05, 0) is 79.8 Å². The molecule has 2 aromatic heterocycles. The molecule has 0 aliphatic carbocycles. The van der Waals surface area contributed by atoms with E-state index in [0.717, 1.165) is 55.5 Å². The van der Waals surface area contributed by atoms with E-state index in [9.17, 15) is 19.5 Å². The Bertz CT molecular complexity index is 2430. The zero-order valence-electron chi connectivity index (χ0n) is 33.4. The van der Waals surface area contributed by atoms with E-state index in [0.29, 0.717) is 60.7 Å². The minimum Gasteiger partial charge on any atom is -0.507 e. The molecule has 15 heteroatoms. The SMILES string of the molecule is Nc1nnc(-c2ccccc2O)cc1N1CCC[C@H](c2ccc(C(=O)N3CCC(F)(CN4CCC(n5ccc6c(F)c(N7CCC(=O)NC7=O)ccc65)CC4)CC3)cc2)C1. The van der Waals surface area contributed by atoms with E-state index in [-0.39, 0.29) is 61.0 Å². The van der Waals surface area contributed by atoms with Crippen molar-refractivity contribution < 1.29 is 28.3 Å². The summed E-state index contributed by atoms with van der Waals surface area (Å²) in [5, 5.41) is 21.5. The number of para-hydroxylation sites is 1. The molecule has 13 nitrogen and oxygen atoms in total. The average molecular weight is 818 g/mol. The fraction of sp³-hybridized carbons (Fsp3) is 0.400. The highest BCUT2D eigenvalue weighted by atomic mass is 19.1. The number of alkyl halides is 1. The molecule has 312 valence electrons. The summed E-state index contributed by atoms with van der Waals surface area (Å²) >= 11 is 0. The van der Waals surface area contributed by atoms with Gasteiger partial charge in [-0.2, -0.15) is 0 Å². The number of phenolic OH excluding ortho intramolecular Hbond substituents is 1. The third-order valence-corrected chi connectivity index (χ3v) is 12.9. The Balaban J connectivity index is 0.767. The molecule has 9 rings (SSSR count). The predicted octanol–water partition coefficient (Wildman–Crippen LogP) is 6.64. The highest BCUT2D eigenvalue weighted by Gasteiger charge is 2.39. The molecule has 4 N–H and O–H groups in total. The van der Waals surface area contributed by atoms with E-state index >= 15 is 8.78 Å². The van der Waals surface area contributed by atoms with Crippen LogP contribution in [0.5, 0.6) is 5.75 Å². The van der Waals surface area contributed by atoms with Crippen molar-refractivity contribution in [2.75, 3.05) is 67.9 Å². The second-order valence-corrected chi connectivity index (χ2v) is 16.7. The lowest BCUT2D eigenvalue weighted by Crippen LogP contribution is -2.51. The monoisotopic (exact) mass is 817 g/mol. The number of urea groups is 1. The molecule has 4 amide bonds. The van der Waals surface area contributed by atoms with Gasteiger partial charge >= 0.3 is 6.03 Å². The molecule has 4 fully saturated rings. The number of amides is 4. The number of nitrogens with zero attached hydrogens (tertiary/aromatic N) is 7. The first-order chi connectivity index (χ1) is 29.0. The first kappa shape index (κ1) is 39.4. The Morgan fingerprint density at radius 2 is 1.67 bits per heavy atom. The molecular formula is C45H49F2N9O4. The maximum atomic E-state index is 16.3. The number of rotatable bonds is 8. The van der Waals surface area contributed by atoms with Gasteiger partial charge in [0.05, 0.1) is 22.6 Å². The van der Waals surface area contributed by atoms with Crippen LogP contribution in [-0.4, -0.2) is 106 Å². The van der Waals surface area contributed by atoms with Gasteiger partial charge in [0, 0.05) is 106 Å². The number of anilines is 3. The summed E-state index contributed by atoms with van der Waals surface area (Å²) in [4.78, 5) is 45.0. The summed E-state index contributed by atoms with van der Waals surface area (Å²) in [6.45, 7) is 4.11. The summed E-state index contributed by atoms with van der Waals surface area (Å²) in [7, 11) is 0. The van der Waals surface area contributed by atoms with E-state index in [1.165, 1.54) is 4.90 Å². The molecule has 0 bridgehead atoms. The lowest BCUT2D eigenvalue weighted by atomic mass is 9.89. The summed E-state index contributed by atoms with van der Waals surface area (Å²) in [5.41, 5.74) is 9.46. The Labute approximate surface area is 346 Å². The summed E-state index contributed by atoms with van der Waals surface area (Å²) in [6.07, 6.45) is 6.08. The smallest absolute Gasteiger partial charge is 0.328 e. The topological polar surface area (TPSA) is 153 Å². The van der Waals surface area contributed by atoms with Crippen LogP contribution in [0.4, 0.5) is 30.8 Å². The van der Waals surface area contributed by atoms with Crippen LogP contribution in [0.1, 0.15) is 72.8 Å². The van der Waals surface area contributed by atoms with Crippen molar-refractivity contribution in [3.05, 3.63) is 95.9 Å². The maximum Gasteiger partial charge on any atom is 0.328 e. The van der Waals surface area contributed by atoms with Crippen LogP contribution in [0.25, 0.3) is 22.2 Å². The number of piperidine rings is 3. The number of hydrogen-bond donors (Lipinski definition) is 3. The van der Waals surface area contributed by atoms with Gasteiger partial charge in [0.25, 0.3) is 5.91 Å². The van der Waals surface area contributed by atoms with Gasteiger partial charge in [0.15, 0.2) is 11.6 Å². The normalized spacial score (nSPS) is 20.4. The number of hydrogen-bond acceptors (Lipinski definition) is 9. The van der Waals surface area contributed by atoms with Crippen molar-refractivity contribution in [2.24, 2.45) is 0 Å². The summed E-state index contributed by atoms with van der Waals surface area (Å²) < 4.78 is 34.0. The number of carbonyl (C=O) groups excluding carboxylic acids is 3. The minimum absolute atomic E-state index is 0.0844. The Morgan fingerprint density at radius 1 is 0.900 bits per heavy atom. The van der Waals surface area contributed by atoms with Gasteiger partial charge in [0.2, 0.25) is 5.91 Å². The van der Waals surface area contributed by atoms with Crippen molar-refractivity contribution >= 4 is 45.9 Å². The molecule has 0 saturated carbocycles. The van der Waals surface area contributed by atoms with E-state index < -0.39 is 17.5 Å². The number of nitrogen functional groups attached to an aromatic ring is 1. The quantitative estimate of drug-likeness (QED) is 0.157. The van der Waals surface area contributed by atoms with Crippen LogP contribution < -0.4 is 20.9 Å². The van der Waals surface area contributed by atoms with Crippen molar-refractivity contribution in [2.45, 2.75) is 62.6 Å². The molecule has 0 spiro atoms. The van der Waals surface area contributed by atoms with Gasteiger partial charge in [-0.1, -0.05) is 24.3 Å². The van der Waals surface area contributed by atoms with E-state index in [1.807, 2.05) is 48.7 Å². The van der Waals surface area contributed by atoms with Crippen LogP contribution in [0.2, 0.25) is 0 Å². The van der Waals surface area contributed by atoms with Gasteiger partial charge in [-0.15, -0.1) is 10.2 Å². The van der Waals surface area contributed by atoms with Gasteiger partial charge in [0.1, 0.15) is 11.4 Å². The van der Waals surface area contributed by atoms with Gasteiger partial charge in [-0.3, -0.25) is 19.8 Å². The number of carbonyl (C=O) groups is 3. The van der Waals surface area contributed by atoms with Crippen LogP contribution in [-0.2, 0) is 4.79 Å². The van der Waals surface area contributed by atoms with Gasteiger partial charge < -0.3 is 30.1 Å². The first-order valence-corrected chi connectivity index (χ1v) is 20.9. The maximum absolute atomic E-state index is 16.3. The predicted molar refractivity (Wildman–Crippen MR) is 225 cm³/mol. The average Bonchev–Trinajstić information content (AvgIpc) is 3.70. The fourth-order valence-corrected chi connectivity index (χ4v) is 9.55.